The summed E-state index contributed by atoms with van der Waals surface area (Å²) in [5.41, 5.74) is 3.10. The molecule has 0 amide bonds. The highest BCUT2D eigenvalue weighted by Gasteiger charge is 2.12. The average Bonchev–Trinajstić information content (AvgIpc) is 2.88. The van der Waals surface area contributed by atoms with E-state index in [0.29, 0.717) is 6.04 Å². The molecule has 1 aromatic heterocycles. The highest BCUT2D eigenvalue weighted by molar-refractivity contribution is 7.09. The molecule has 90 valence electrons. The van der Waals surface area contributed by atoms with Gasteiger partial charge in [-0.3, -0.25) is 0 Å². The minimum Gasteiger partial charge on any atom is -0.310 e. The van der Waals surface area contributed by atoms with Crippen LogP contribution in [0.2, 0.25) is 0 Å². The summed E-state index contributed by atoms with van der Waals surface area (Å²) in [4.78, 5) is 0. The molecule has 0 aliphatic heterocycles. The molecule has 1 N–H and O–H groups in total. The molecule has 2 aromatic rings. The Morgan fingerprint density at radius 1 is 1.29 bits per heavy atom. The quantitative estimate of drug-likeness (QED) is 0.853. The van der Waals surface area contributed by atoms with Gasteiger partial charge >= 0.3 is 0 Å². The Bertz CT molecular complexity index is 413. The third kappa shape index (κ3) is 3.61. The van der Waals surface area contributed by atoms with E-state index < -0.39 is 0 Å². The highest BCUT2D eigenvalue weighted by atomic mass is 32.1. The number of nitrogens with one attached hydrogen (secondary N) is 1. The number of hydrogen-bond donors (Lipinski definition) is 1. The van der Waals surface area contributed by atoms with Gasteiger partial charge in [0.15, 0.2) is 0 Å². The lowest BCUT2D eigenvalue weighted by atomic mass is 10.0. The van der Waals surface area contributed by atoms with Crippen molar-refractivity contribution in [2.24, 2.45) is 0 Å². The van der Waals surface area contributed by atoms with Crippen molar-refractivity contribution < 1.29 is 0 Å². The van der Waals surface area contributed by atoms with E-state index in [0.717, 1.165) is 24.4 Å². The molecule has 0 aliphatic carbocycles. The van der Waals surface area contributed by atoms with Crippen molar-refractivity contribution in [2.45, 2.75) is 25.8 Å². The number of nitrogens with zero attached hydrogens (tertiary/aromatic N) is 2. The SMILES string of the molecule is CCCNC(Cc1nncs1)c1ccccc1. The molecule has 1 unspecified atom stereocenters. The Morgan fingerprint density at radius 2 is 2.12 bits per heavy atom. The minimum absolute atomic E-state index is 0.337. The third-order valence-corrected chi connectivity index (χ3v) is 3.35. The highest BCUT2D eigenvalue weighted by Crippen LogP contribution is 2.18. The van der Waals surface area contributed by atoms with Gasteiger partial charge in [0.25, 0.3) is 0 Å². The Labute approximate surface area is 106 Å². The summed E-state index contributed by atoms with van der Waals surface area (Å²) in [6.07, 6.45) is 2.05. The molecular weight excluding hydrogens is 230 g/mol. The van der Waals surface area contributed by atoms with Gasteiger partial charge in [-0.15, -0.1) is 21.5 Å². The van der Waals surface area contributed by atoms with Crippen LogP contribution in [0.4, 0.5) is 0 Å². The number of hydrogen-bond acceptors (Lipinski definition) is 4. The minimum atomic E-state index is 0.337. The fourth-order valence-corrected chi connectivity index (χ4v) is 2.34. The lowest BCUT2D eigenvalue weighted by Crippen LogP contribution is -2.24. The van der Waals surface area contributed by atoms with Crippen molar-refractivity contribution in [1.82, 2.24) is 15.5 Å². The molecule has 1 aromatic carbocycles. The lowest BCUT2D eigenvalue weighted by Gasteiger charge is -2.17. The van der Waals surface area contributed by atoms with Gasteiger partial charge in [0.2, 0.25) is 0 Å². The van der Waals surface area contributed by atoms with Crippen LogP contribution >= 0.6 is 11.3 Å². The summed E-state index contributed by atoms with van der Waals surface area (Å²) in [6, 6.07) is 10.9. The van der Waals surface area contributed by atoms with E-state index >= 15 is 0 Å². The van der Waals surface area contributed by atoms with Crippen LogP contribution < -0.4 is 5.32 Å². The number of aromatic nitrogens is 2. The summed E-state index contributed by atoms with van der Waals surface area (Å²) in [7, 11) is 0. The van der Waals surface area contributed by atoms with Gasteiger partial charge in [-0.05, 0) is 18.5 Å². The van der Waals surface area contributed by atoms with Crippen molar-refractivity contribution in [3.8, 4) is 0 Å². The van der Waals surface area contributed by atoms with Gasteiger partial charge in [-0.1, -0.05) is 37.3 Å². The van der Waals surface area contributed by atoms with E-state index in [1.165, 1.54) is 5.56 Å². The molecule has 0 aliphatic rings. The smallest absolute Gasteiger partial charge is 0.119 e. The molecule has 0 saturated carbocycles. The molecule has 0 fully saturated rings. The van der Waals surface area contributed by atoms with Gasteiger partial charge in [0.05, 0.1) is 0 Å². The second-order valence-electron chi connectivity index (χ2n) is 3.95. The van der Waals surface area contributed by atoms with Crippen LogP contribution in [0, 0.1) is 0 Å². The first-order chi connectivity index (χ1) is 8.40. The molecular formula is C13H17N3S. The molecule has 17 heavy (non-hydrogen) atoms. The van der Waals surface area contributed by atoms with Crippen LogP contribution in [-0.2, 0) is 6.42 Å². The average molecular weight is 247 g/mol. The molecule has 1 heterocycles. The van der Waals surface area contributed by atoms with Crippen molar-refractivity contribution in [3.63, 3.8) is 0 Å². The first-order valence-electron chi connectivity index (χ1n) is 5.93. The lowest BCUT2D eigenvalue weighted by molar-refractivity contribution is 0.527. The molecule has 3 nitrogen and oxygen atoms in total. The zero-order chi connectivity index (χ0) is 11.9. The molecule has 2 rings (SSSR count). The predicted molar refractivity (Wildman–Crippen MR) is 71.1 cm³/mol. The summed E-state index contributed by atoms with van der Waals surface area (Å²) in [6.45, 7) is 3.21. The largest absolute Gasteiger partial charge is 0.310 e. The Balaban J connectivity index is 2.08. The van der Waals surface area contributed by atoms with E-state index in [1.54, 1.807) is 16.8 Å². The topological polar surface area (TPSA) is 37.8 Å². The molecule has 0 saturated heterocycles. The van der Waals surface area contributed by atoms with E-state index in [-0.39, 0.29) is 0 Å². The molecule has 4 heteroatoms. The number of rotatable bonds is 6. The monoisotopic (exact) mass is 247 g/mol. The van der Waals surface area contributed by atoms with Crippen molar-refractivity contribution in [2.75, 3.05) is 6.54 Å². The molecule has 0 bridgehead atoms. The van der Waals surface area contributed by atoms with Crippen LogP contribution in [0.25, 0.3) is 0 Å². The van der Waals surface area contributed by atoms with Crippen LogP contribution in [0.1, 0.15) is 30.0 Å². The van der Waals surface area contributed by atoms with Crippen LogP contribution in [0.5, 0.6) is 0 Å². The van der Waals surface area contributed by atoms with Gasteiger partial charge in [0.1, 0.15) is 10.5 Å². The van der Waals surface area contributed by atoms with Crippen molar-refractivity contribution >= 4 is 11.3 Å². The van der Waals surface area contributed by atoms with Gasteiger partial charge in [0, 0.05) is 12.5 Å². The standard InChI is InChI=1S/C13H17N3S/c1-2-8-14-12(9-13-16-15-10-17-13)11-6-4-3-5-7-11/h3-7,10,12,14H,2,8-9H2,1H3. The Hall–Kier alpha value is -1.26. The molecule has 0 spiro atoms. The first-order valence-corrected chi connectivity index (χ1v) is 6.81. The van der Waals surface area contributed by atoms with Crippen LogP contribution in [0.15, 0.2) is 35.8 Å². The third-order valence-electron chi connectivity index (χ3n) is 2.63. The Kier molecular flexibility index (Phi) is 4.64. The fraction of sp³-hybridized carbons (Fsp3) is 0.385. The van der Waals surface area contributed by atoms with Crippen LogP contribution in [0.3, 0.4) is 0 Å². The van der Waals surface area contributed by atoms with Gasteiger partial charge < -0.3 is 5.32 Å². The zero-order valence-corrected chi connectivity index (χ0v) is 10.8. The normalized spacial score (nSPS) is 12.5. The maximum Gasteiger partial charge on any atom is 0.119 e. The fourth-order valence-electron chi connectivity index (χ4n) is 1.77. The molecule has 0 radical (unpaired) electrons. The number of benzene rings is 1. The molecule has 1 atom stereocenters. The zero-order valence-electron chi connectivity index (χ0n) is 9.97. The summed E-state index contributed by atoms with van der Waals surface area (Å²) >= 11 is 1.62. The Morgan fingerprint density at radius 3 is 2.76 bits per heavy atom. The summed E-state index contributed by atoms with van der Waals surface area (Å²) in [5.74, 6) is 0. The summed E-state index contributed by atoms with van der Waals surface area (Å²) < 4.78 is 0. The summed E-state index contributed by atoms with van der Waals surface area (Å²) in [5, 5.41) is 12.7. The van der Waals surface area contributed by atoms with E-state index in [1.807, 2.05) is 6.07 Å². The second-order valence-corrected chi connectivity index (χ2v) is 4.87. The van der Waals surface area contributed by atoms with Gasteiger partial charge in [-0.25, -0.2) is 0 Å². The maximum atomic E-state index is 4.12. The van der Waals surface area contributed by atoms with E-state index in [4.69, 9.17) is 0 Å². The predicted octanol–water partition coefficient (Wildman–Crippen LogP) is 2.82. The van der Waals surface area contributed by atoms with E-state index in [2.05, 4.69) is 46.7 Å². The van der Waals surface area contributed by atoms with Gasteiger partial charge in [-0.2, -0.15) is 0 Å². The van der Waals surface area contributed by atoms with Crippen LogP contribution in [-0.4, -0.2) is 16.7 Å². The maximum absolute atomic E-state index is 4.12. The second kappa shape index (κ2) is 6.47. The first kappa shape index (κ1) is 12.2. The van der Waals surface area contributed by atoms with Crippen molar-refractivity contribution in [3.05, 3.63) is 46.4 Å². The van der Waals surface area contributed by atoms with E-state index in [9.17, 15) is 0 Å². The van der Waals surface area contributed by atoms with Crippen molar-refractivity contribution in [1.29, 1.82) is 0 Å².